The number of benzene rings is 1. The summed E-state index contributed by atoms with van der Waals surface area (Å²) in [5.41, 5.74) is 8.19. The van der Waals surface area contributed by atoms with Crippen LogP contribution in [0.3, 0.4) is 0 Å². The van der Waals surface area contributed by atoms with Crippen molar-refractivity contribution in [2.75, 3.05) is 12.3 Å². The first kappa shape index (κ1) is 21.9. The van der Waals surface area contributed by atoms with Gasteiger partial charge in [-0.15, -0.1) is 10.2 Å². The second kappa shape index (κ2) is 9.02. The van der Waals surface area contributed by atoms with Crippen LogP contribution >= 0.6 is 0 Å². The molecule has 33 heavy (non-hydrogen) atoms. The Labute approximate surface area is 187 Å². The minimum atomic E-state index is -0.618. The van der Waals surface area contributed by atoms with Crippen LogP contribution in [-0.2, 0) is 27.4 Å². The number of hydrogen-bond donors (Lipinski definition) is 1. The Hall–Kier alpha value is -4.35. The van der Waals surface area contributed by atoms with Crippen LogP contribution in [0.4, 0.5) is 5.82 Å². The topological polar surface area (TPSA) is 161 Å². The molecular formula is C21H21N7O5. The number of aryl methyl sites for hydroxylation is 2. The van der Waals surface area contributed by atoms with Gasteiger partial charge in [0, 0.05) is 5.56 Å². The number of anilines is 1. The Balaban J connectivity index is 1.43. The molecule has 0 fully saturated rings. The number of carbonyl (C=O) groups is 2. The molecule has 12 heteroatoms. The Morgan fingerprint density at radius 1 is 1.12 bits per heavy atom. The normalized spacial score (nSPS) is 11.0. The third-order valence-corrected chi connectivity index (χ3v) is 4.68. The number of carbonyl (C=O) groups excluding carboxylic acids is 2. The Morgan fingerprint density at radius 3 is 2.61 bits per heavy atom. The van der Waals surface area contributed by atoms with E-state index in [9.17, 15) is 9.59 Å². The first-order chi connectivity index (χ1) is 15.9. The molecule has 0 aliphatic carbocycles. The zero-order valence-electron chi connectivity index (χ0n) is 18.2. The molecule has 4 rings (SSSR count). The smallest absolute Gasteiger partial charge is 0.342 e. The number of aromatic nitrogens is 6. The number of tetrazole rings is 1. The van der Waals surface area contributed by atoms with Crippen molar-refractivity contribution in [3.05, 3.63) is 47.0 Å². The number of furan rings is 1. The van der Waals surface area contributed by atoms with Crippen LogP contribution in [0.1, 0.15) is 34.4 Å². The molecule has 1 aromatic carbocycles. The van der Waals surface area contributed by atoms with Gasteiger partial charge in [-0.25, -0.2) is 14.6 Å². The van der Waals surface area contributed by atoms with E-state index >= 15 is 0 Å². The van der Waals surface area contributed by atoms with Gasteiger partial charge in [0.05, 0.1) is 12.0 Å². The second-order valence-corrected chi connectivity index (χ2v) is 7.13. The lowest BCUT2D eigenvalue weighted by molar-refractivity contribution is -0.146. The van der Waals surface area contributed by atoms with Gasteiger partial charge in [-0.2, -0.15) is 9.78 Å². The predicted molar refractivity (Wildman–Crippen MR) is 115 cm³/mol. The molecule has 4 aromatic rings. The standard InChI is InChI=1S/C21H21N7O5/c1-4-31-21(30)16-12(3)33-20-17(16)18(22)23-14(24-20)10-32-15(29)9-28-26-19(25-27-28)13-7-5-11(2)6-8-13/h5-8H,4,9-10H2,1-3H3,(H2,22,23,24). The maximum Gasteiger partial charge on any atom is 0.342 e. The summed E-state index contributed by atoms with van der Waals surface area (Å²) in [6.07, 6.45) is 0. The summed E-state index contributed by atoms with van der Waals surface area (Å²) in [6, 6.07) is 7.61. The monoisotopic (exact) mass is 451 g/mol. The van der Waals surface area contributed by atoms with Gasteiger partial charge in [-0.3, -0.25) is 0 Å². The average molecular weight is 451 g/mol. The van der Waals surface area contributed by atoms with E-state index in [1.807, 2.05) is 31.2 Å². The summed E-state index contributed by atoms with van der Waals surface area (Å²) < 4.78 is 15.8. The summed E-state index contributed by atoms with van der Waals surface area (Å²) in [4.78, 5) is 33.9. The van der Waals surface area contributed by atoms with Gasteiger partial charge in [0.2, 0.25) is 11.5 Å². The van der Waals surface area contributed by atoms with Crippen molar-refractivity contribution in [3.63, 3.8) is 0 Å². The SMILES string of the molecule is CCOC(=O)c1c(C)oc2nc(COC(=O)Cn3nnc(-c4ccc(C)cc4)n3)nc(N)c12. The number of esters is 2. The minimum Gasteiger partial charge on any atom is -0.462 e. The van der Waals surface area contributed by atoms with Gasteiger partial charge in [-0.1, -0.05) is 29.8 Å². The predicted octanol–water partition coefficient (Wildman–Crippen LogP) is 2.00. The van der Waals surface area contributed by atoms with Crippen molar-refractivity contribution in [2.24, 2.45) is 0 Å². The number of fused-ring (bicyclic) bond motifs is 1. The van der Waals surface area contributed by atoms with E-state index in [4.69, 9.17) is 19.6 Å². The second-order valence-electron chi connectivity index (χ2n) is 7.13. The van der Waals surface area contributed by atoms with Crippen molar-refractivity contribution in [2.45, 2.75) is 33.9 Å². The minimum absolute atomic E-state index is 0.0200. The van der Waals surface area contributed by atoms with E-state index in [1.54, 1.807) is 13.8 Å². The summed E-state index contributed by atoms with van der Waals surface area (Å²) in [5, 5.41) is 12.3. The first-order valence-corrected chi connectivity index (χ1v) is 10.1. The lowest BCUT2D eigenvalue weighted by Crippen LogP contribution is -2.16. The molecule has 170 valence electrons. The van der Waals surface area contributed by atoms with Gasteiger partial charge >= 0.3 is 11.9 Å². The van der Waals surface area contributed by atoms with Gasteiger partial charge in [0.1, 0.15) is 17.1 Å². The van der Waals surface area contributed by atoms with E-state index in [2.05, 4.69) is 25.4 Å². The van der Waals surface area contributed by atoms with Crippen LogP contribution < -0.4 is 5.73 Å². The third kappa shape index (κ3) is 4.63. The van der Waals surface area contributed by atoms with Crippen molar-refractivity contribution in [1.29, 1.82) is 0 Å². The van der Waals surface area contributed by atoms with Crippen molar-refractivity contribution in [1.82, 2.24) is 30.2 Å². The van der Waals surface area contributed by atoms with Crippen LogP contribution in [0.15, 0.2) is 28.7 Å². The van der Waals surface area contributed by atoms with E-state index in [-0.39, 0.29) is 48.1 Å². The van der Waals surface area contributed by atoms with Gasteiger partial charge in [0.15, 0.2) is 19.0 Å². The Kier molecular flexibility index (Phi) is 5.98. The summed E-state index contributed by atoms with van der Waals surface area (Å²) in [5.74, 6) is -0.354. The largest absolute Gasteiger partial charge is 0.462 e. The molecule has 0 spiro atoms. The molecule has 0 radical (unpaired) electrons. The Bertz CT molecular complexity index is 1330. The molecule has 3 heterocycles. The highest BCUT2D eigenvalue weighted by molar-refractivity contribution is 6.07. The summed E-state index contributed by atoms with van der Waals surface area (Å²) in [6.45, 7) is 4.97. The lowest BCUT2D eigenvalue weighted by atomic mass is 10.1. The van der Waals surface area contributed by atoms with Crippen molar-refractivity contribution in [3.8, 4) is 11.4 Å². The molecule has 0 unspecified atom stereocenters. The van der Waals surface area contributed by atoms with Crippen LogP contribution in [0.25, 0.3) is 22.5 Å². The maximum atomic E-state index is 12.2. The van der Waals surface area contributed by atoms with E-state index < -0.39 is 11.9 Å². The first-order valence-electron chi connectivity index (χ1n) is 10.1. The average Bonchev–Trinajstić information content (AvgIpc) is 3.37. The highest BCUT2D eigenvalue weighted by Crippen LogP contribution is 2.29. The van der Waals surface area contributed by atoms with Crippen molar-refractivity contribution < 1.29 is 23.5 Å². The molecule has 2 N–H and O–H groups in total. The number of hydrogen-bond acceptors (Lipinski definition) is 11. The fraction of sp³-hybridized carbons (Fsp3) is 0.286. The highest BCUT2D eigenvalue weighted by atomic mass is 16.5. The highest BCUT2D eigenvalue weighted by Gasteiger charge is 2.24. The lowest BCUT2D eigenvalue weighted by Gasteiger charge is -2.05. The zero-order valence-corrected chi connectivity index (χ0v) is 18.2. The number of rotatable bonds is 7. The van der Waals surface area contributed by atoms with Crippen molar-refractivity contribution >= 4 is 28.9 Å². The molecule has 0 saturated heterocycles. The third-order valence-electron chi connectivity index (χ3n) is 4.68. The van der Waals surface area contributed by atoms with Gasteiger partial charge in [-0.05, 0) is 26.0 Å². The molecule has 0 amide bonds. The fourth-order valence-electron chi connectivity index (χ4n) is 3.13. The van der Waals surface area contributed by atoms with Gasteiger partial charge < -0.3 is 19.6 Å². The zero-order chi connectivity index (χ0) is 23.5. The van der Waals surface area contributed by atoms with Crippen LogP contribution in [0, 0.1) is 13.8 Å². The van der Waals surface area contributed by atoms with Crippen LogP contribution in [-0.4, -0.2) is 48.7 Å². The maximum absolute atomic E-state index is 12.2. The van der Waals surface area contributed by atoms with E-state index in [1.165, 1.54) is 0 Å². The number of ether oxygens (including phenoxy) is 2. The number of nitrogens with two attached hydrogens (primary N) is 1. The van der Waals surface area contributed by atoms with Crippen LogP contribution in [0.2, 0.25) is 0 Å². The molecule has 0 saturated carbocycles. The molecule has 0 aliphatic rings. The van der Waals surface area contributed by atoms with Crippen LogP contribution in [0.5, 0.6) is 0 Å². The molecule has 0 atom stereocenters. The fourth-order valence-corrected chi connectivity index (χ4v) is 3.13. The molecule has 0 aliphatic heterocycles. The Morgan fingerprint density at radius 2 is 1.88 bits per heavy atom. The molecule has 0 bridgehead atoms. The molecule has 12 nitrogen and oxygen atoms in total. The summed E-state index contributed by atoms with van der Waals surface area (Å²) >= 11 is 0. The number of nitrogen functional groups attached to an aromatic ring is 1. The quantitative estimate of drug-likeness (QED) is 0.409. The summed E-state index contributed by atoms with van der Waals surface area (Å²) in [7, 11) is 0. The van der Waals surface area contributed by atoms with E-state index in [0.29, 0.717) is 11.6 Å². The molecular weight excluding hydrogens is 430 g/mol. The van der Waals surface area contributed by atoms with E-state index in [0.717, 1.165) is 15.9 Å². The molecule has 3 aromatic heterocycles. The number of nitrogens with zero attached hydrogens (tertiary/aromatic N) is 6. The van der Waals surface area contributed by atoms with Gasteiger partial charge in [0.25, 0.3) is 0 Å².